The Balaban J connectivity index is 1.93. The quantitative estimate of drug-likeness (QED) is 0.613. The topological polar surface area (TPSA) is 90.3 Å². The monoisotopic (exact) mass is 421 g/mol. The number of fused-ring (bicyclic) bond motifs is 1. The highest BCUT2D eigenvalue weighted by Gasteiger charge is 2.19. The van der Waals surface area contributed by atoms with Crippen LogP contribution in [0.5, 0.6) is 0 Å². The molecule has 0 aliphatic heterocycles. The minimum Gasteiger partial charge on any atom is -0.464 e. The smallest absolute Gasteiger partial charge is 0.302 e. The number of aryl methyl sites for hydroxylation is 1. The first kappa shape index (κ1) is 20.2. The van der Waals surface area contributed by atoms with Gasteiger partial charge in [-0.05, 0) is 49.7 Å². The summed E-state index contributed by atoms with van der Waals surface area (Å²) in [7, 11) is -3.80. The van der Waals surface area contributed by atoms with E-state index in [2.05, 4.69) is 9.71 Å². The second-order valence-corrected chi connectivity index (χ2v) is 8.38. The molecule has 1 aromatic heterocycles. The Morgan fingerprint density at radius 1 is 1.25 bits per heavy atom. The van der Waals surface area contributed by atoms with E-state index in [1.54, 1.807) is 37.3 Å². The van der Waals surface area contributed by atoms with Crippen LogP contribution in [0.3, 0.4) is 0 Å². The van der Waals surface area contributed by atoms with Crippen molar-refractivity contribution in [1.29, 1.82) is 0 Å². The number of nitrogens with one attached hydrogen (secondary N) is 1. The number of halogens is 1. The molecule has 148 valence electrons. The number of hydrogen-bond acceptors (Lipinski definition) is 5. The first-order valence-electron chi connectivity index (χ1n) is 8.57. The predicted molar refractivity (Wildman–Crippen MR) is 108 cm³/mol. The third-order valence-corrected chi connectivity index (χ3v) is 6.25. The largest absolute Gasteiger partial charge is 0.464 e. The molecule has 1 heterocycles. The van der Waals surface area contributed by atoms with E-state index < -0.39 is 10.0 Å². The van der Waals surface area contributed by atoms with Gasteiger partial charge in [0.15, 0.2) is 0 Å². The van der Waals surface area contributed by atoms with Crippen LogP contribution in [-0.4, -0.2) is 30.5 Å². The third kappa shape index (κ3) is 4.13. The molecule has 0 radical (unpaired) electrons. The maximum absolute atomic E-state index is 12.8. The first-order chi connectivity index (χ1) is 13.2. The molecule has 0 saturated heterocycles. The predicted octanol–water partition coefficient (Wildman–Crippen LogP) is 3.67. The number of hydrogen-bond donors (Lipinski definition) is 1. The van der Waals surface area contributed by atoms with Gasteiger partial charge in [0.1, 0.15) is 12.4 Å². The minimum atomic E-state index is -3.80. The molecule has 0 fully saturated rings. The standard InChI is InChI=1S/C19H20ClN3O4S/c1-12-16(20)5-4-6-19(12)28(25,26)22-15-7-8-17-18(11-15)23(13(2)21-17)9-10-27-14(3)24/h4-8,11,22H,9-10H2,1-3H3. The fraction of sp³-hybridized carbons (Fsp3) is 0.263. The normalized spacial score (nSPS) is 11.6. The number of rotatable bonds is 6. The molecule has 0 aliphatic carbocycles. The Kier molecular flexibility index (Phi) is 5.62. The lowest BCUT2D eigenvalue weighted by Gasteiger charge is -2.12. The van der Waals surface area contributed by atoms with Crippen molar-refractivity contribution in [2.45, 2.75) is 32.2 Å². The summed E-state index contributed by atoms with van der Waals surface area (Å²) in [4.78, 5) is 15.6. The van der Waals surface area contributed by atoms with Gasteiger partial charge in [0.05, 0.1) is 28.2 Å². The molecule has 0 spiro atoms. The average molecular weight is 422 g/mol. The number of carbonyl (C=O) groups is 1. The third-order valence-electron chi connectivity index (χ3n) is 4.32. The Morgan fingerprint density at radius 3 is 2.71 bits per heavy atom. The van der Waals surface area contributed by atoms with Crippen molar-refractivity contribution in [1.82, 2.24) is 9.55 Å². The fourth-order valence-corrected chi connectivity index (χ4v) is 4.51. The van der Waals surface area contributed by atoms with E-state index in [-0.39, 0.29) is 17.5 Å². The van der Waals surface area contributed by atoms with Crippen molar-refractivity contribution in [3.8, 4) is 0 Å². The molecule has 2 aromatic carbocycles. The number of aromatic nitrogens is 2. The number of anilines is 1. The van der Waals surface area contributed by atoms with E-state index in [0.29, 0.717) is 22.8 Å². The molecular formula is C19H20ClN3O4S. The number of imidazole rings is 1. The van der Waals surface area contributed by atoms with Gasteiger partial charge >= 0.3 is 5.97 Å². The summed E-state index contributed by atoms with van der Waals surface area (Å²) in [6.07, 6.45) is 0. The summed E-state index contributed by atoms with van der Waals surface area (Å²) >= 11 is 6.06. The first-order valence-corrected chi connectivity index (χ1v) is 10.4. The molecule has 3 aromatic rings. The number of sulfonamides is 1. The molecule has 0 unspecified atom stereocenters. The molecule has 28 heavy (non-hydrogen) atoms. The van der Waals surface area contributed by atoms with E-state index in [4.69, 9.17) is 16.3 Å². The Morgan fingerprint density at radius 2 is 2.00 bits per heavy atom. The van der Waals surface area contributed by atoms with E-state index in [1.807, 2.05) is 11.5 Å². The maximum Gasteiger partial charge on any atom is 0.302 e. The number of benzene rings is 2. The van der Waals surface area contributed by atoms with Crippen LogP contribution in [0.2, 0.25) is 5.02 Å². The van der Waals surface area contributed by atoms with Crippen molar-refractivity contribution in [3.05, 3.63) is 52.8 Å². The molecule has 0 bridgehead atoms. The van der Waals surface area contributed by atoms with Crippen molar-refractivity contribution in [3.63, 3.8) is 0 Å². The lowest BCUT2D eigenvalue weighted by Crippen LogP contribution is -2.14. The van der Waals surface area contributed by atoms with Gasteiger partial charge in [0.2, 0.25) is 0 Å². The summed E-state index contributed by atoms with van der Waals surface area (Å²) < 4.78 is 35.1. The van der Waals surface area contributed by atoms with Crippen molar-refractivity contribution >= 4 is 44.3 Å². The zero-order chi connectivity index (χ0) is 20.5. The van der Waals surface area contributed by atoms with E-state index in [9.17, 15) is 13.2 Å². The second-order valence-electron chi connectivity index (χ2n) is 6.32. The van der Waals surface area contributed by atoms with Crippen LogP contribution in [0.25, 0.3) is 11.0 Å². The highest BCUT2D eigenvalue weighted by molar-refractivity contribution is 7.92. The number of ether oxygens (including phenoxy) is 1. The van der Waals surface area contributed by atoms with E-state index >= 15 is 0 Å². The Labute approximate surface area is 168 Å². The van der Waals surface area contributed by atoms with Crippen molar-refractivity contribution in [2.75, 3.05) is 11.3 Å². The van der Waals surface area contributed by atoms with Gasteiger partial charge in [-0.15, -0.1) is 0 Å². The SMILES string of the molecule is CC(=O)OCCn1c(C)nc2ccc(NS(=O)(=O)c3cccc(Cl)c3C)cc21. The molecule has 7 nitrogen and oxygen atoms in total. The highest BCUT2D eigenvalue weighted by atomic mass is 35.5. The lowest BCUT2D eigenvalue weighted by molar-refractivity contribution is -0.141. The molecule has 0 saturated carbocycles. The van der Waals surface area contributed by atoms with Crippen LogP contribution in [0.4, 0.5) is 5.69 Å². The number of esters is 1. The second kappa shape index (κ2) is 7.81. The summed E-state index contributed by atoms with van der Waals surface area (Å²) in [5, 5.41) is 0.387. The molecule has 9 heteroatoms. The van der Waals surface area contributed by atoms with Crippen LogP contribution in [-0.2, 0) is 26.1 Å². The van der Waals surface area contributed by atoms with Gasteiger partial charge in [-0.2, -0.15) is 0 Å². The lowest BCUT2D eigenvalue weighted by atomic mass is 10.2. The van der Waals surface area contributed by atoms with Crippen molar-refractivity contribution < 1.29 is 17.9 Å². The van der Waals surface area contributed by atoms with Crippen molar-refractivity contribution in [2.24, 2.45) is 0 Å². The van der Waals surface area contributed by atoms with Gasteiger partial charge in [-0.25, -0.2) is 13.4 Å². The zero-order valence-electron chi connectivity index (χ0n) is 15.7. The summed E-state index contributed by atoms with van der Waals surface area (Å²) in [5.74, 6) is 0.389. The van der Waals surface area contributed by atoms with E-state index in [1.165, 1.54) is 13.0 Å². The van der Waals surface area contributed by atoms with Crippen LogP contribution in [0.15, 0.2) is 41.3 Å². The van der Waals surface area contributed by atoms with Gasteiger partial charge in [-0.3, -0.25) is 9.52 Å². The van der Waals surface area contributed by atoms with Crippen LogP contribution in [0.1, 0.15) is 18.3 Å². The highest BCUT2D eigenvalue weighted by Crippen LogP contribution is 2.26. The molecule has 0 amide bonds. The number of nitrogens with zero attached hydrogens (tertiary/aromatic N) is 2. The number of carbonyl (C=O) groups excluding carboxylic acids is 1. The fourth-order valence-electron chi connectivity index (χ4n) is 2.96. The van der Waals surface area contributed by atoms with Gasteiger partial charge < -0.3 is 9.30 Å². The van der Waals surface area contributed by atoms with Gasteiger partial charge in [0, 0.05) is 11.9 Å². The van der Waals surface area contributed by atoms with E-state index in [0.717, 1.165) is 16.9 Å². The van der Waals surface area contributed by atoms with Gasteiger partial charge in [0.25, 0.3) is 10.0 Å². The zero-order valence-corrected chi connectivity index (χ0v) is 17.3. The maximum atomic E-state index is 12.8. The molecule has 3 rings (SSSR count). The Bertz CT molecular complexity index is 1160. The van der Waals surface area contributed by atoms with Gasteiger partial charge in [-0.1, -0.05) is 17.7 Å². The Hall–Kier alpha value is -2.58. The van der Waals surface area contributed by atoms with Crippen LogP contribution < -0.4 is 4.72 Å². The van der Waals surface area contributed by atoms with Crippen LogP contribution >= 0.6 is 11.6 Å². The molecule has 1 N–H and O–H groups in total. The average Bonchev–Trinajstić information content (AvgIpc) is 2.92. The summed E-state index contributed by atoms with van der Waals surface area (Å²) in [6, 6.07) is 9.86. The molecule has 0 aliphatic rings. The van der Waals surface area contributed by atoms with Crippen LogP contribution in [0, 0.1) is 13.8 Å². The molecule has 0 atom stereocenters. The molecular weight excluding hydrogens is 402 g/mol. The minimum absolute atomic E-state index is 0.125. The summed E-state index contributed by atoms with van der Waals surface area (Å²) in [6.45, 7) is 5.48. The summed E-state index contributed by atoms with van der Waals surface area (Å²) in [5.41, 5.74) is 2.36.